The monoisotopic (exact) mass is 418 g/mol. The van der Waals surface area contributed by atoms with E-state index in [0.29, 0.717) is 24.3 Å². The van der Waals surface area contributed by atoms with Crippen molar-refractivity contribution in [2.45, 2.75) is 37.5 Å². The molecule has 0 saturated carbocycles. The molecule has 0 bridgehead atoms. The van der Waals surface area contributed by atoms with Gasteiger partial charge >= 0.3 is 0 Å². The number of sulfonamides is 1. The fourth-order valence-corrected chi connectivity index (χ4v) is 4.00. The summed E-state index contributed by atoms with van der Waals surface area (Å²) in [4.78, 5) is 12.4. The van der Waals surface area contributed by atoms with Crippen molar-refractivity contribution in [3.05, 3.63) is 59.2 Å². The highest BCUT2D eigenvalue weighted by Gasteiger charge is 2.19. The number of ether oxygens (including phenoxy) is 1. The molecule has 1 N–H and O–H groups in total. The predicted octanol–water partition coefficient (Wildman–Crippen LogP) is 2.94. The molecule has 7 heteroatoms. The first-order valence-corrected chi connectivity index (χ1v) is 11.1. The summed E-state index contributed by atoms with van der Waals surface area (Å²) in [6.45, 7) is 2.68. The van der Waals surface area contributed by atoms with Crippen LogP contribution in [0.5, 0.6) is 5.75 Å². The van der Waals surface area contributed by atoms with Crippen molar-refractivity contribution in [3.63, 3.8) is 0 Å². The van der Waals surface area contributed by atoms with E-state index in [1.54, 1.807) is 12.1 Å². The van der Waals surface area contributed by atoms with Gasteiger partial charge in [0.15, 0.2) is 0 Å². The molecule has 0 aliphatic heterocycles. The van der Waals surface area contributed by atoms with Gasteiger partial charge in [0.25, 0.3) is 0 Å². The van der Waals surface area contributed by atoms with Gasteiger partial charge in [-0.1, -0.05) is 29.8 Å². The summed E-state index contributed by atoms with van der Waals surface area (Å²) in [7, 11) is 0.978. The van der Waals surface area contributed by atoms with Gasteiger partial charge in [0.2, 0.25) is 15.9 Å². The van der Waals surface area contributed by atoms with Crippen LogP contribution in [0.1, 0.15) is 29.5 Å². The molecule has 2 rings (SSSR count). The quantitative estimate of drug-likeness (QED) is 0.602. The molecule has 1 amide bonds. The van der Waals surface area contributed by atoms with Crippen molar-refractivity contribution in [2.24, 2.45) is 0 Å². The first-order valence-electron chi connectivity index (χ1n) is 9.65. The SMILES string of the molecule is COc1ccc(S(=O)(=O)N(C)C)cc1CCC(=O)NCCCc1cccc(C)c1. The zero-order valence-corrected chi connectivity index (χ0v) is 18.4. The Morgan fingerprint density at radius 2 is 1.86 bits per heavy atom. The molecule has 6 nitrogen and oxygen atoms in total. The molecule has 2 aromatic carbocycles. The average Bonchev–Trinajstić information content (AvgIpc) is 2.69. The third-order valence-electron chi connectivity index (χ3n) is 4.70. The number of carbonyl (C=O) groups excluding carboxylic acids is 1. The number of hydrogen-bond acceptors (Lipinski definition) is 4. The second kappa shape index (κ2) is 10.4. The lowest BCUT2D eigenvalue weighted by Crippen LogP contribution is -2.25. The van der Waals surface area contributed by atoms with Gasteiger partial charge in [0.1, 0.15) is 5.75 Å². The number of nitrogens with zero attached hydrogens (tertiary/aromatic N) is 1. The number of methoxy groups -OCH3 is 1. The maximum Gasteiger partial charge on any atom is 0.242 e. The fraction of sp³-hybridized carbons (Fsp3) is 0.409. The normalized spacial score (nSPS) is 11.5. The largest absolute Gasteiger partial charge is 0.496 e. The summed E-state index contributed by atoms with van der Waals surface area (Å²) >= 11 is 0. The Morgan fingerprint density at radius 3 is 2.52 bits per heavy atom. The minimum absolute atomic E-state index is 0.0582. The van der Waals surface area contributed by atoms with Gasteiger partial charge < -0.3 is 10.1 Å². The summed E-state index contributed by atoms with van der Waals surface area (Å²) < 4.78 is 31.2. The highest BCUT2D eigenvalue weighted by Crippen LogP contribution is 2.25. The lowest BCUT2D eigenvalue weighted by Gasteiger charge is -2.14. The molecule has 2 aromatic rings. The van der Waals surface area contributed by atoms with E-state index in [-0.39, 0.29) is 17.2 Å². The Kier molecular flexibility index (Phi) is 8.22. The molecule has 0 unspecified atom stereocenters. The Bertz CT molecular complexity index is 940. The van der Waals surface area contributed by atoms with Crippen LogP contribution in [0, 0.1) is 6.92 Å². The molecule has 0 aliphatic carbocycles. The standard InChI is InChI=1S/C22H30N2O4S/c1-17-7-5-8-18(15-17)9-6-14-23-22(25)13-10-19-16-20(11-12-21(19)28-4)29(26,27)24(2)3/h5,7-8,11-12,15-16H,6,9-10,13-14H2,1-4H3,(H,23,25). The second-order valence-corrected chi connectivity index (χ2v) is 9.36. The van der Waals surface area contributed by atoms with Gasteiger partial charge in [0, 0.05) is 27.1 Å². The van der Waals surface area contributed by atoms with E-state index in [0.717, 1.165) is 12.8 Å². The smallest absolute Gasteiger partial charge is 0.242 e. The molecule has 158 valence electrons. The molecule has 0 aliphatic rings. The van der Waals surface area contributed by atoms with Crippen molar-refractivity contribution < 1.29 is 17.9 Å². The van der Waals surface area contributed by atoms with Crippen molar-refractivity contribution in [1.29, 1.82) is 0 Å². The minimum atomic E-state index is -3.53. The lowest BCUT2D eigenvalue weighted by atomic mass is 10.1. The highest BCUT2D eigenvalue weighted by atomic mass is 32.2. The summed E-state index contributed by atoms with van der Waals surface area (Å²) in [5, 5.41) is 2.93. The van der Waals surface area contributed by atoms with Crippen LogP contribution in [0.4, 0.5) is 0 Å². The Balaban J connectivity index is 1.88. The number of aryl methyl sites for hydroxylation is 3. The number of rotatable bonds is 10. The topological polar surface area (TPSA) is 75.7 Å². The Labute approximate surface area is 173 Å². The van der Waals surface area contributed by atoms with Crippen molar-refractivity contribution in [1.82, 2.24) is 9.62 Å². The van der Waals surface area contributed by atoms with Gasteiger partial charge in [-0.2, -0.15) is 0 Å². The molecule has 0 radical (unpaired) electrons. The van der Waals surface area contributed by atoms with Crippen LogP contribution in [0.3, 0.4) is 0 Å². The van der Waals surface area contributed by atoms with Gasteiger partial charge in [-0.15, -0.1) is 0 Å². The molecule has 0 atom stereocenters. The van der Waals surface area contributed by atoms with Gasteiger partial charge in [-0.3, -0.25) is 4.79 Å². The van der Waals surface area contributed by atoms with Crippen LogP contribution >= 0.6 is 0 Å². The van der Waals surface area contributed by atoms with Crippen LogP contribution in [-0.2, 0) is 27.7 Å². The summed E-state index contributed by atoms with van der Waals surface area (Å²) in [5.74, 6) is 0.520. The zero-order valence-electron chi connectivity index (χ0n) is 17.6. The Hall–Kier alpha value is -2.38. The van der Waals surface area contributed by atoms with Crippen molar-refractivity contribution in [3.8, 4) is 5.75 Å². The molecular weight excluding hydrogens is 388 g/mol. The number of nitrogens with one attached hydrogen (secondary N) is 1. The molecule has 0 aromatic heterocycles. The van der Waals surface area contributed by atoms with E-state index >= 15 is 0 Å². The maximum absolute atomic E-state index is 12.3. The number of benzene rings is 2. The minimum Gasteiger partial charge on any atom is -0.496 e. The summed E-state index contributed by atoms with van der Waals surface area (Å²) in [6.07, 6.45) is 2.46. The molecule has 29 heavy (non-hydrogen) atoms. The number of amides is 1. The van der Waals surface area contributed by atoms with Gasteiger partial charge in [0.05, 0.1) is 12.0 Å². The molecular formula is C22H30N2O4S. The molecule has 0 spiro atoms. The number of hydrogen-bond donors (Lipinski definition) is 1. The Morgan fingerprint density at radius 1 is 1.10 bits per heavy atom. The van der Waals surface area contributed by atoms with E-state index in [2.05, 4.69) is 30.4 Å². The third kappa shape index (κ3) is 6.58. The predicted molar refractivity (Wildman–Crippen MR) is 115 cm³/mol. The van der Waals surface area contributed by atoms with E-state index in [1.165, 1.54) is 42.7 Å². The summed E-state index contributed by atoms with van der Waals surface area (Å²) in [6, 6.07) is 13.1. The van der Waals surface area contributed by atoms with Crippen LogP contribution in [-0.4, -0.2) is 46.4 Å². The fourth-order valence-electron chi connectivity index (χ4n) is 3.05. The first-order chi connectivity index (χ1) is 13.7. The van der Waals surface area contributed by atoms with Crippen molar-refractivity contribution in [2.75, 3.05) is 27.7 Å². The average molecular weight is 419 g/mol. The summed E-state index contributed by atoms with van der Waals surface area (Å²) in [5.41, 5.74) is 3.20. The lowest BCUT2D eigenvalue weighted by molar-refractivity contribution is -0.121. The van der Waals surface area contributed by atoms with E-state index in [1.807, 2.05) is 6.07 Å². The van der Waals surface area contributed by atoms with Crippen LogP contribution in [0.25, 0.3) is 0 Å². The first kappa shape index (κ1) is 22.9. The molecule has 0 saturated heterocycles. The number of carbonyl (C=O) groups is 1. The van der Waals surface area contributed by atoms with Gasteiger partial charge in [-0.25, -0.2) is 12.7 Å². The van der Waals surface area contributed by atoms with E-state index < -0.39 is 10.0 Å². The maximum atomic E-state index is 12.3. The van der Waals surface area contributed by atoms with Crippen LogP contribution in [0.15, 0.2) is 47.4 Å². The van der Waals surface area contributed by atoms with Crippen LogP contribution in [0.2, 0.25) is 0 Å². The van der Waals surface area contributed by atoms with Gasteiger partial charge in [-0.05, 0) is 55.5 Å². The highest BCUT2D eigenvalue weighted by molar-refractivity contribution is 7.89. The van der Waals surface area contributed by atoms with Crippen molar-refractivity contribution >= 4 is 15.9 Å². The van der Waals surface area contributed by atoms with Crippen LogP contribution < -0.4 is 10.1 Å². The second-order valence-electron chi connectivity index (χ2n) is 7.20. The third-order valence-corrected chi connectivity index (χ3v) is 6.51. The molecule has 0 heterocycles. The zero-order chi connectivity index (χ0) is 21.4. The van der Waals surface area contributed by atoms with E-state index in [4.69, 9.17) is 4.74 Å². The molecule has 0 fully saturated rings. The van der Waals surface area contributed by atoms with E-state index in [9.17, 15) is 13.2 Å².